The van der Waals surface area contributed by atoms with Crippen LogP contribution >= 0.6 is 0 Å². The maximum atomic E-state index is 11.7. The molecule has 0 aliphatic rings. The summed E-state index contributed by atoms with van der Waals surface area (Å²) in [5, 5.41) is 27.8. The molecule has 16 heteroatoms. The van der Waals surface area contributed by atoms with Crippen LogP contribution in [0.25, 0.3) is 21.5 Å². The Morgan fingerprint density at radius 2 is 1.19 bits per heavy atom. The average molecular weight is 552 g/mol. The number of phenols is 2. The summed E-state index contributed by atoms with van der Waals surface area (Å²) in [5.74, 6) is -1.95. The van der Waals surface area contributed by atoms with Gasteiger partial charge in [-0.15, -0.1) is 10.2 Å². The molecule has 0 aromatic heterocycles. The highest BCUT2D eigenvalue weighted by Crippen LogP contribution is 2.44. The zero-order valence-electron chi connectivity index (χ0n) is 17.4. The van der Waals surface area contributed by atoms with Crippen molar-refractivity contribution in [2.45, 2.75) is 14.7 Å². The van der Waals surface area contributed by atoms with Crippen molar-refractivity contribution < 1.29 is 49.1 Å². The molecule has 0 atom stereocenters. The van der Waals surface area contributed by atoms with E-state index >= 15 is 0 Å². The van der Waals surface area contributed by atoms with E-state index < -0.39 is 62.2 Å². The molecular formula is C20H11N2O11S3-3. The maximum Gasteiger partial charge on any atom is 0.161 e. The van der Waals surface area contributed by atoms with Crippen LogP contribution in [-0.4, -0.2) is 49.1 Å². The Labute approximate surface area is 203 Å². The topological polar surface area (TPSA) is 237 Å². The van der Waals surface area contributed by atoms with Crippen LogP contribution in [0.2, 0.25) is 0 Å². The lowest BCUT2D eigenvalue weighted by molar-refractivity contribution is 0.436. The van der Waals surface area contributed by atoms with Gasteiger partial charge < -0.3 is 23.9 Å². The van der Waals surface area contributed by atoms with Gasteiger partial charge in [-0.05, 0) is 23.6 Å². The molecule has 13 nitrogen and oxygen atoms in total. The maximum absolute atomic E-state index is 11.7. The molecule has 0 aliphatic heterocycles. The van der Waals surface area contributed by atoms with Crippen molar-refractivity contribution in [1.29, 1.82) is 0 Å². The molecule has 0 saturated heterocycles. The zero-order chi connectivity index (χ0) is 26.6. The lowest BCUT2D eigenvalue weighted by atomic mass is 10.1. The summed E-state index contributed by atoms with van der Waals surface area (Å²) in [6.45, 7) is 0. The van der Waals surface area contributed by atoms with Gasteiger partial charge in [0.15, 0.2) is 5.75 Å². The smallest absolute Gasteiger partial charge is 0.161 e. The molecule has 0 bridgehead atoms. The van der Waals surface area contributed by atoms with Gasteiger partial charge in [0.25, 0.3) is 0 Å². The number of azo groups is 1. The fourth-order valence-corrected chi connectivity index (χ4v) is 5.32. The molecule has 188 valence electrons. The molecule has 0 aliphatic carbocycles. The first kappa shape index (κ1) is 25.4. The minimum absolute atomic E-state index is 0.0493. The van der Waals surface area contributed by atoms with Crippen LogP contribution < -0.4 is 0 Å². The normalized spacial score (nSPS) is 13.1. The van der Waals surface area contributed by atoms with Gasteiger partial charge in [-0.2, -0.15) is 0 Å². The second-order valence-corrected chi connectivity index (χ2v) is 11.4. The molecule has 4 rings (SSSR count). The largest absolute Gasteiger partial charge is 0.744 e. The number of nitrogens with zero attached hydrogens (tertiary/aromatic N) is 2. The van der Waals surface area contributed by atoms with Gasteiger partial charge in [-0.25, -0.2) is 25.3 Å². The van der Waals surface area contributed by atoms with Gasteiger partial charge in [-0.1, -0.05) is 30.3 Å². The predicted molar refractivity (Wildman–Crippen MR) is 119 cm³/mol. The van der Waals surface area contributed by atoms with Gasteiger partial charge >= 0.3 is 0 Å². The highest BCUT2D eigenvalue weighted by atomic mass is 32.2. The number of fused-ring (bicyclic) bond motifs is 2. The van der Waals surface area contributed by atoms with Crippen LogP contribution in [0.3, 0.4) is 0 Å². The summed E-state index contributed by atoms with van der Waals surface area (Å²) in [7, 11) is -15.3. The van der Waals surface area contributed by atoms with Gasteiger partial charge in [0, 0.05) is 22.2 Å². The highest BCUT2D eigenvalue weighted by molar-refractivity contribution is 7.86. The van der Waals surface area contributed by atoms with Crippen LogP contribution in [0.1, 0.15) is 0 Å². The molecule has 0 spiro atoms. The van der Waals surface area contributed by atoms with E-state index in [-0.39, 0.29) is 27.2 Å². The zero-order valence-corrected chi connectivity index (χ0v) is 19.8. The standard InChI is InChI=1S/C20H14N2O11S3/c23-15-9-16(35(28,29)30)13-3-1-2-4-14(13)18(15)21-22-19-12-6-5-11(34(25,26)27)7-10(12)8-17(20(19)24)36(31,32)33/h1-9,23-24H,(H,25,26,27)(H,28,29,30)(H,31,32,33)/p-3. The quantitative estimate of drug-likeness (QED) is 0.270. The van der Waals surface area contributed by atoms with E-state index in [0.29, 0.717) is 12.1 Å². The van der Waals surface area contributed by atoms with E-state index in [9.17, 15) is 49.1 Å². The van der Waals surface area contributed by atoms with E-state index in [4.69, 9.17) is 0 Å². The molecule has 2 N–H and O–H groups in total. The van der Waals surface area contributed by atoms with Crippen molar-refractivity contribution >= 4 is 63.3 Å². The molecule has 0 radical (unpaired) electrons. The van der Waals surface area contributed by atoms with E-state index in [2.05, 4.69) is 10.2 Å². The fraction of sp³-hybridized carbons (Fsp3) is 0. The first-order chi connectivity index (χ1) is 16.6. The van der Waals surface area contributed by atoms with Crippen molar-refractivity contribution in [2.75, 3.05) is 0 Å². The van der Waals surface area contributed by atoms with Crippen molar-refractivity contribution in [3.63, 3.8) is 0 Å². The van der Waals surface area contributed by atoms with E-state index in [1.54, 1.807) is 0 Å². The molecule has 0 saturated carbocycles. The minimum Gasteiger partial charge on any atom is -0.744 e. The fourth-order valence-electron chi connectivity index (χ4n) is 3.50. The molecule has 4 aromatic carbocycles. The lowest BCUT2D eigenvalue weighted by Gasteiger charge is -2.15. The number of phenolic OH excluding ortho intramolecular Hbond substituents is 2. The van der Waals surface area contributed by atoms with Crippen LogP contribution in [0.5, 0.6) is 11.5 Å². The Kier molecular flexibility index (Phi) is 5.98. The van der Waals surface area contributed by atoms with Gasteiger partial charge in [0.1, 0.15) is 47.5 Å². The van der Waals surface area contributed by atoms with Gasteiger partial charge in [-0.3, -0.25) is 0 Å². The van der Waals surface area contributed by atoms with Crippen LogP contribution in [-0.2, 0) is 30.4 Å². The number of hydrogen-bond acceptors (Lipinski definition) is 13. The molecule has 0 heterocycles. The van der Waals surface area contributed by atoms with Crippen molar-refractivity contribution in [3.8, 4) is 11.5 Å². The Bertz CT molecular complexity index is 1930. The SMILES string of the molecule is O=S(=O)([O-])c1ccc2c(N=Nc3c(O)cc(S(=O)(=O)[O-])c4ccccc34)c(O)c(S(=O)(=O)[O-])cc2c1. The van der Waals surface area contributed by atoms with E-state index in [1.807, 2.05) is 0 Å². The van der Waals surface area contributed by atoms with E-state index in [0.717, 1.165) is 18.2 Å². The van der Waals surface area contributed by atoms with Crippen LogP contribution in [0.4, 0.5) is 11.4 Å². The Morgan fingerprint density at radius 1 is 0.611 bits per heavy atom. The molecule has 0 unspecified atom stereocenters. The molecule has 36 heavy (non-hydrogen) atoms. The third-order valence-corrected chi connectivity index (χ3v) is 7.62. The van der Waals surface area contributed by atoms with Crippen molar-refractivity contribution in [2.24, 2.45) is 10.2 Å². The summed E-state index contributed by atoms with van der Waals surface area (Å²) in [6, 6.07) is 9.35. The second-order valence-electron chi connectivity index (χ2n) is 7.31. The van der Waals surface area contributed by atoms with Crippen molar-refractivity contribution in [1.82, 2.24) is 0 Å². The lowest BCUT2D eigenvalue weighted by Crippen LogP contribution is -2.01. The summed E-state index contributed by atoms with van der Waals surface area (Å²) in [4.78, 5) is -2.68. The predicted octanol–water partition coefficient (Wildman–Crippen LogP) is 2.53. The third kappa shape index (κ3) is 4.60. The third-order valence-electron chi connectivity index (χ3n) is 5.06. The number of benzene rings is 4. The average Bonchev–Trinajstić information content (AvgIpc) is 2.76. The molecule has 4 aromatic rings. The molecule has 0 amide bonds. The number of hydrogen-bond donors (Lipinski definition) is 2. The van der Waals surface area contributed by atoms with Crippen LogP contribution in [0.15, 0.2) is 79.5 Å². The summed E-state index contributed by atoms with van der Waals surface area (Å²) >= 11 is 0. The minimum atomic E-state index is -5.32. The van der Waals surface area contributed by atoms with Gasteiger partial charge in [0.2, 0.25) is 0 Å². The Hall–Kier alpha value is -3.67. The Morgan fingerprint density at radius 3 is 1.78 bits per heavy atom. The Balaban J connectivity index is 2.04. The second kappa shape index (κ2) is 8.47. The summed E-state index contributed by atoms with van der Waals surface area (Å²) in [6.07, 6.45) is 0. The number of rotatable bonds is 5. The van der Waals surface area contributed by atoms with Crippen LogP contribution in [0, 0.1) is 0 Å². The molecule has 0 fully saturated rings. The first-order valence-corrected chi connectivity index (χ1v) is 13.7. The van der Waals surface area contributed by atoms with Crippen molar-refractivity contribution in [3.05, 3.63) is 54.6 Å². The van der Waals surface area contributed by atoms with E-state index in [1.165, 1.54) is 24.3 Å². The first-order valence-electron chi connectivity index (χ1n) is 9.43. The highest BCUT2D eigenvalue weighted by Gasteiger charge is 2.20. The van der Waals surface area contributed by atoms with Gasteiger partial charge in [0.05, 0.1) is 14.7 Å². The number of aromatic hydroxyl groups is 2. The summed E-state index contributed by atoms with van der Waals surface area (Å²) < 4.78 is 104. The molecular weight excluding hydrogens is 540 g/mol. The summed E-state index contributed by atoms with van der Waals surface area (Å²) in [5.41, 5.74) is -1.01. The monoisotopic (exact) mass is 551 g/mol.